The average molecular weight is 328 g/mol. The van der Waals surface area contributed by atoms with Gasteiger partial charge in [0.25, 0.3) is 5.91 Å². The molecule has 0 bridgehead atoms. The van der Waals surface area contributed by atoms with Crippen molar-refractivity contribution in [3.63, 3.8) is 0 Å². The first-order valence-corrected chi connectivity index (χ1v) is 8.00. The summed E-state index contributed by atoms with van der Waals surface area (Å²) >= 11 is 0. The average Bonchev–Trinajstić information content (AvgIpc) is 2.61. The molecule has 0 radical (unpaired) electrons. The van der Waals surface area contributed by atoms with E-state index in [2.05, 4.69) is 19.2 Å². The van der Waals surface area contributed by atoms with Crippen molar-refractivity contribution >= 4 is 17.3 Å². The molecule has 5 heteroatoms. The molecule has 3 N–H and O–H groups in total. The summed E-state index contributed by atoms with van der Waals surface area (Å²) in [6.45, 7) is 4.20. The lowest BCUT2D eigenvalue weighted by Gasteiger charge is -2.16. The zero-order valence-electron chi connectivity index (χ0n) is 14.3. The Morgan fingerprint density at radius 2 is 1.96 bits per heavy atom. The zero-order valence-corrected chi connectivity index (χ0v) is 14.3. The van der Waals surface area contributed by atoms with Crippen molar-refractivity contribution in [1.82, 2.24) is 0 Å². The SMILES string of the molecule is CCC(C)c1ccccc1OCC(=O)Nc1ccc(N)cc1OC. The van der Waals surface area contributed by atoms with Gasteiger partial charge in [0.1, 0.15) is 11.5 Å². The van der Waals surface area contributed by atoms with Gasteiger partial charge in [-0.1, -0.05) is 32.0 Å². The normalized spacial score (nSPS) is 11.6. The molecule has 24 heavy (non-hydrogen) atoms. The summed E-state index contributed by atoms with van der Waals surface area (Å²) in [4.78, 5) is 12.2. The standard InChI is InChI=1S/C19H24N2O3/c1-4-13(2)15-7-5-6-8-17(15)24-12-19(22)21-16-10-9-14(20)11-18(16)23-3/h5-11,13H,4,12,20H2,1-3H3,(H,21,22). The summed E-state index contributed by atoms with van der Waals surface area (Å²) in [5.41, 5.74) is 7.96. The minimum Gasteiger partial charge on any atom is -0.494 e. The first-order chi connectivity index (χ1) is 11.5. The lowest BCUT2D eigenvalue weighted by molar-refractivity contribution is -0.118. The van der Waals surface area contributed by atoms with Crippen LogP contribution in [0, 0.1) is 0 Å². The highest BCUT2D eigenvalue weighted by atomic mass is 16.5. The van der Waals surface area contributed by atoms with E-state index in [1.54, 1.807) is 18.2 Å². The number of nitrogens with one attached hydrogen (secondary N) is 1. The van der Waals surface area contributed by atoms with Gasteiger partial charge in [-0.05, 0) is 36.1 Å². The molecule has 1 amide bonds. The van der Waals surface area contributed by atoms with Gasteiger partial charge in [0.2, 0.25) is 0 Å². The van der Waals surface area contributed by atoms with Crippen LogP contribution in [-0.2, 0) is 4.79 Å². The van der Waals surface area contributed by atoms with Gasteiger partial charge in [-0.25, -0.2) is 0 Å². The summed E-state index contributed by atoms with van der Waals surface area (Å²) < 4.78 is 10.9. The van der Waals surface area contributed by atoms with Gasteiger partial charge in [-0.15, -0.1) is 0 Å². The highest BCUT2D eigenvalue weighted by Gasteiger charge is 2.12. The van der Waals surface area contributed by atoms with Crippen LogP contribution < -0.4 is 20.5 Å². The molecule has 2 aromatic carbocycles. The summed E-state index contributed by atoms with van der Waals surface area (Å²) in [5, 5.41) is 2.78. The van der Waals surface area contributed by atoms with Crippen molar-refractivity contribution in [2.45, 2.75) is 26.2 Å². The Morgan fingerprint density at radius 1 is 1.21 bits per heavy atom. The minimum absolute atomic E-state index is 0.0685. The van der Waals surface area contributed by atoms with Crippen LogP contribution in [0.4, 0.5) is 11.4 Å². The number of benzene rings is 2. The minimum atomic E-state index is -0.253. The van der Waals surface area contributed by atoms with Gasteiger partial charge in [0, 0.05) is 11.8 Å². The van der Waals surface area contributed by atoms with Gasteiger partial charge in [0.15, 0.2) is 6.61 Å². The van der Waals surface area contributed by atoms with Crippen LogP contribution in [0.1, 0.15) is 31.7 Å². The Labute approximate surface area is 142 Å². The number of para-hydroxylation sites is 1. The number of ether oxygens (including phenoxy) is 2. The molecule has 1 atom stereocenters. The fraction of sp³-hybridized carbons (Fsp3) is 0.316. The van der Waals surface area contributed by atoms with Crippen molar-refractivity contribution in [2.75, 3.05) is 24.8 Å². The summed E-state index contributed by atoms with van der Waals surface area (Å²) in [7, 11) is 1.53. The second-order valence-electron chi connectivity index (χ2n) is 5.64. The quantitative estimate of drug-likeness (QED) is 0.758. The van der Waals surface area contributed by atoms with Gasteiger partial charge >= 0.3 is 0 Å². The van der Waals surface area contributed by atoms with E-state index in [1.165, 1.54) is 7.11 Å². The molecule has 5 nitrogen and oxygen atoms in total. The summed E-state index contributed by atoms with van der Waals surface area (Å²) in [6, 6.07) is 12.9. The maximum atomic E-state index is 12.2. The Bertz CT molecular complexity index is 701. The molecule has 1 unspecified atom stereocenters. The molecule has 0 saturated heterocycles. The van der Waals surface area contributed by atoms with Crippen LogP contribution in [-0.4, -0.2) is 19.6 Å². The van der Waals surface area contributed by atoms with Crippen LogP contribution in [0.5, 0.6) is 11.5 Å². The van der Waals surface area contributed by atoms with Crippen LogP contribution >= 0.6 is 0 Å². The van der Waals surface area contributed by atoms with E-state index >= 15 is 0 Å². The first kappa shape index (κ1) is 17.7. The number of amides is 1. The van der Waals surface area contributed by atoms with E-state index in [0.29, 0.717) is 23.0 Å². The Kier molecular flexibility index (Phi) is 6.07. The van der Waals surface area contributed by atoms with Crippen LogP contribution in [0.25, 0.3) is 0 Å². The number of rotatable bonds is 7. The largest absolute Gasteiger partial charge is 0.494 e. The molecule has 0 heterocycles. The second-order valence-corrected chi connectivity index (χ2v) is 5.64. The van der Waals surface area contributed by atoms with E-state index in [4.69, 9.17) is 15.2 Å². The number of nitrogen functional groups attached to an aromatic ring is 1. The zero-order chi connectivity index (χ0) is 17.5. The van der Waals surface area contributed by atoms with Crippen molar-refractivity contribution < 1.29 is 14.3 Å². The molecule has 0 aliphatic carbocycles. The monoisotopic (exact) mass is 328 g/mol. The van der Waals surface area contributed by atoms with Gasteiger partial charge in [0.05, 0.1) is 12.8 Å². The molecule has 0 spiro atoms. The predicted molar refractivity (Wildman–Crippen MR) is 96.7 cm³/mol. The maximum Gasteiger partial charge on any atom is 0.262 e. The smallest absolute Gasteiger partial charge is 0.262 e. The molecular weight excluding hydrogens is 304 g/mol. The van der Waals surface area contributed by atoms with Crippen molar-refractivity contribution in [1.29, 1.82) is 0 Å². The number of hydrogen-bond acceptors (Lipinski definition) is 4. The summed E-state index contributed by atoms with van der Waals surface area (Å²) in [6.07, 6.45) is 1.01. The lowest BCUT2D eigenvalue weighted by Crippen LogP contribution is -2.21. The van der Waals surface area contributed by atoms with E-state index in [0.717, 1.165) is 17.7 Å². The van der Waals surface area contributed by atoms with Crippen molar-refractivity contribution in [3.05, 3.63) is 48.0 Å². The molecule has 0 fully saturated rings. The Morgan fingerprint density at radius 3 is 2.67 bits per heavy atom. The highest BCUT2D eigenvalue weighted by Crippen LogP contribution is 2.29. The van der Waals surface area contributed by atoms with E-state index < -0.39 is 0 Å². The number of methoxy groups -OCH3 is 1. The van der Waals surface area contributed by atoms with Crippen LogP contribution in [0.3, 0.4) is 0 Å². The summed E-state index contributed by atoms with van der Waals surface area (Å²) in [5.74, 6) is 1.38. The molecular formula is C19H24N2O3. The third-order valence-electron chi connectivity index (χ3n) is 3.92. The molecule has 0 aliphatic rings. The molecule has 0 saturated carbocycles. The highest BCUT2D eigenvalue weighted by molar-refractivity contribution is 5.93. The van der Waals surface area contributed by atoms with E-state index in [-0.39, 0.29) is 12.5 Å². The molecule has 0 aliphatic heterocycles. The first-order valence-electron chi connectivity index (χ1n) is 8.00. The van der Waals surface area contributed by atoms with Crippen LogP contribution in [0.15, 0.2) is 42.5 Å². The second kappa shape index (κ2) is 8.24. The molecule has 2 rings (SSSR count). The topological polar surface area (TPSA) is 73.6 Å². The van der Waals surface area contributed by atoms with Crippen LogP contribution in [0.2, 0.25) is 0 Å². The van der Waals surface area contributed by atoms with Crippen molar-refractivity contribution in [2.24, 2.45) is 0 Å². The molecule has 2 aromatic rings. The lowest BCUT2D eigenvalue weighted by atomic mass is 9.98. The Balaban J connectivity index is 2.02. The number of carbonyl (C=O) groups is 1. The number of hydrogen-bond donors (Lipinski definition) is 2. The fourth-order valence-corrected chi connectivity index (χ4v) is 2.38. The third-order valence-corrected chi connectivity index (χ3v) is 3.92. The Hall–Kier alpha value is -2.69. The van der Waals surface area contributed by atoms with E-state index in [9.17, 15) is 4.79 Å². The number of anilines is 2. The fourth-order valence-electron chi connectivity index (χ4n) is 2.38. The molecule has 128 valence electrons. The number of carbonyl (C=O) groups excluding carboxylic acids is 1. The van der Waals surface area contributed by atoms with Gasteiger partial charge in [-0.2, -0.15) is 0 Å². The predicted octanol–water partition coefficient (Wildman–Crippen LogP) is 3.81. The van der Waals surface area contributed by atoms with E-state index in [1.807, 2.05) is 24.3 Å². The van der Waals surface area contributed by atoms with Crippen molar-refractivity contribution in [3.8, 4) is 11.5 Å². The van der Waals surface area contributed by atoms with Gasteiger partial charge in [-0.3, -0.25) is 4.79 Å². The number of nitrogens with two attached hydrogens (primary N) is 1. The maximum absolute atomic E-state index is 12.2. The molecule has 0 aromatic heterocycles. The third kappa shape index (κ3) is 4.41. The van der Waals surface area contributed by atoms with Gasteiger partial charge < -0.3 is 20.5 Å².